The maximum Gasteiger partial charge on any atom is 0.339 e. The number of anilines is 1. The second-order valence-corrected chi connectivity index (χ2v) is 5.34. The molecule has 0 saturated heterocycles. The van der Waals surface area contributed by atoms with Crippen LogP contribution in [-0.4, -0.2) is 14.1 Å². The molecule has 1 heterocycles. The second-order valence-electron chi connectivity index (χ2n) is 5.34. The van der Waals surface area contributed by atoms with Crippen molar-refractivity contribution in [1.82, 2.24) is 0 Å². The van der Waals surface area contributed by atoms with E-state index in [0.717, 1.165) is 16.6 Å². The minimum Gasteiger partial charge on any atom is -0.422 e. The van der Waals surface area contributed by atoms with Gasteiger partial charge in [0.05, 0.1) is 0 Å². The Hall–Kier alpha value is -2.55. The Morgan fingerprint density at radius 2 is 1.76 bits per heavy atom. The van der Waals surface area contributed by atoms with Crippen LogP contribution in [0.25, 0.3) is 11.0 Å². The van der Waals surface area contributed by atoms with Crippen LogP contribution in [0.2, 0.25) is 0 Å². The minimum atomic E-state index is -0.262. The summed E-state index contributed by atoms with van der Waals surface area (Å²) in [4.78, 5) is 14.1. The first-order chi connectivity index (χ1) is 10.1. The predicted molar refractivity (Wildman–Crippen MR) is 86.1 cm³/mol. The molecule has 0 bridgehead atoms. The first-order valence-corrected chi connectivity index (χ1v) is 6.91. The quantitative estimate of drug-likeness (QED) is 0.688. The summed E-state index contributed by atoms with van der Waals surface area (Å²) < 4.78 is 5.47. The largest absolute Gasteiger partial charge is 0.422 e. The third-order valence-corrected chi connectivity index (χ3v) is 3.55. The van der Waals surface area contributed by atoms with Gasteiger partial charge in [0.25, 0.3) is 0 Å². The fourth-order valence-corrected chi connectivity index (χ4v) is 2.36. The van der Waals surface area contributed by atoms with E-state index in [9.17, 15) is 4.79 Å². The van der Waals surface area contributed by atoms with E-state index in [4.69, 9.17) is 4.42 Å². The molecule has 0 aliphatic carbocycles. The van der Waals surface area contributed by atoms with Crippen molar-refractivity contribution in [2.45, 2.75) is 6.42 Å². The Balaban J connectivity index is 2.03. The standard InChI is InChI=1S/C18H17NO2/c1-19(2)16-9-8-14-11-15(18(20)21-17(14)12-16)10-13-6-4-3-5-7-13/h3-9,11-12H,10H2,1-2H3. The molecule has 0 saturated carbocycles. The highest BCUT2D eigenvalue weighted by molar-refractivity contribution is 5.81. The molecular formula is C18H17NO2. The first kappa shape index (κ1) is 13.4. The zero-order chi connectivity index (χ0) is 14.8. The van der Waals surface area contributed by atoms with Crippen LogP contribution in [0.3, 0.4) is 0 Å². The van der Waals surface area contributed by atoms with Crippen molar-refractivity contribution in [3.63, 3.8) is 0 Å². The van der Waals surface area contributed by atoms with Crippen molar-refractivity contribution in [2.75, 3.05) is 19.0 Å². The molecule has 3 rings (SSSR count). The topological polar surface area (TPSA) is 33.5 Å². The van der Waals surface area contributed by atoms with E-state index in [0.29, 0.717) is 17.6 Å². The van der Waals surface area contributed by atoms with E-state index in [1.807, 2.05) is 73.6 Å². The molecule has 1 aromatic heterocycles. The lowest BCUT2D eigenvalue weighted by Gasteiger charge is -2.12. The Labute approximate surface area is 123 Å². The van der Waals surface area contributed by atoms with Crippen LogP contribution in [0.4, 0.5) is 5.69 Å². The number of hydrogen-bond acceptors (Lipinski definition) is 3. The fraction of sp³-hybridized carbons (Fsp3) is 0.167. The molecule has 2 aromatic carbocycles. The third kappa shape index (κ3) is 2.82. The van der Waals surface area contributed by atoms with Crippen LogP contribution in [-0.2, 0) is 6.42 Å². The van der Waals surface area contributed by atoms with Gasteiger partial charge in [0, 0.05) is 43.2 Å². The summed E-state index contributed by atoms with van der Waals surface area (Å²) in [5.41, 5.74) is 3.17. The van der Waals surface area contributed by atoms with E-state index in [1.165, 1.54) is 0 Å². The number of rotatable bonds is 3. The maximum atomic E-state index is 12.1. The van der Waals surface area contributed by atoms with E-state index >= 15 is 0 Å². The van der Waals surface area contributed by atoms with Crippen molar-refractivity contribution in [3.05, 3.63) is 76.1 Å². The second kappa shape index (κ2) is 5.44. The normalized spacial score (nSPS) is 10.8. The molecule has 106 valence electrons. The SMILES string of the molecule is CN(C)c1ccc2cc(Cc3ccccc3)c(=O)oc2c1. The summed E-state index contributed by atoms with van der Waals surface area (Å²) in [6.07, 6.45) is 0.592. The van der Waals surface area contributed by atoms with Gasteiger partial charge in [-0.25, -0.2) is 4.79 Å². The van der Waals surface area contributed by atoms with Crippen LogP contribution in [0, 0.1) is 0 Å². The van der Waals surface area contributed by atoms with Gasteiger partial charge in [0.1, 0.15) is 5.58 Å². The van der Waals surface area contributed by atoms with Gasteiger partial charge >= 0.3 is 5.63 Å². The van der Waals surface area contributed by atoms with Gasteiger partial charge in [0.2, 0.25) is 0 Å². The van der Waals surface area contributed by atoms with Crippen LogP contribution < -0.4 is 10.5 Å². The van der Waals surface area contributed by atoms with Gasteiger partial charge in [-0.05, 0) is 23.8 Å². The molecule has 0 radical (unpaired) electrons. The summed E-state index contributed by atoms with van der Waals surface area (Å²) >= 11 is 0. The molecule has 0 atom stereocenters. The average Bonchev–Trinajstić information content (AvgIpc) is 2.48. The van der Waals surface area contributed by atoms with Crippen molar-refractivity contribution >= 4 is 16.7 Å². The Bertz CT molecular complexity index is 819. The summed E-state index contributed by atoms with van der Waals surface area (Å²) in [5, 5.41) is 0.950. The Kier molecular flexibility index (Phi) is 3.48. The molecular weight excluding hydrogens is 262 g/mol. The molecule has 0 unspecified atom stereocenters. The molecule has 3 nitrogen and oxygen atoms in total. The molecule has 0 N–H and O–H groups in total. The molecule has 0 fully saturated rings. The lowest BCUT2D eigenvalue weighted by Crippen LogP contribution is -2.10. The molecule has 0 aliphatic heterocycles. The zero-order valence-electron chi connectivity index (χ0n) is 12.2. The smallest absolute Gasteiger partial charge is 0.339 e. The summed E-state index contributed by atoms with van der Waals surface area (Å²) in [7, 11) is 3.92. The monoisotopic (exact) mass is 279 g/mol. The fourth-order valence-electron chi connectivity index (χ4n) is 2.36. The van der Waals surface area contributed by atoms with Gasteiger partial charge in [-0.3, -0.25) is 0 Å². The molecule has 3 heteroatoms. The lowest BCUT2D eigenvalue weighted by molar-refractivity contribution is 0.552. The third-order valence-electron chi connectivity index (χ3n) is 3.55. The van der Waals surface area contributed by atoms with Gasteiger partial charge in [-0.15, -0.1) is 0 Å². The highest BCUT2D eigenvalue weighted by Crippen LogP contribution is 2.21. The highest BCUT2D eigenvalue weighted by Gasteiger charge is 2.07. The predicted octanol–water partition coefficient (Wildman–Crippen LogP) is 3.45. The van der Waals surface area contributed by atoms with Crippen LogP contribution >= 0.6 is 0 Å². The Morgan fingerprint density at radius 3 is 2.48 bits per heavy atom. The number of hydrogen-bond donors (Lipinski definition) is 0. The van der Waals surface area contributed by atoms with E-state index < -0.39 is 0 Å². The maximum absolute atomic E-state index is 12.1. The molecule has 0 aliphatic rings. The van der Waals surface area contributed by atoms with Gasteiger partial charge < -0.3 is 9.32 Å². The van der Waals surface area contributed by atoms with E-state index in [2.05, 4.69) is 0 Å². The average molecular weight is 279 g/mol. The molecule has 21 heavy (non-hydrogen) atoms. The van der Waals surface area contributed by atoms with Gasteiger partial charge in [0.15, 0.2) is 0 Å². The molecule has 3 aromatic rings. The van der Waals surface area contributed by atoms with Crippen molar-refractivity contribution in [2.24, 2.45) is 0 Å². The summed E-state index contributed by atoms with van der Waals surface area (Å²) in [6.45, 7) is 0. The highest BCUT2D eigenvalue weighted by atomic mass is 16.4. The number of nitrogens with zero attached hydrogens (tertiary/aromatic N) is 1. The van der Waals surface area contributed by atoms with Crippen LogP contribution in [0.5, 0.6) is 0 Å². The molecule has 0 spiro atoms. The van der Waals surface area contributed by atoms with Crippen molar-refractivity contribution in [3.8, 4) is 0 Å². The summed E-state index contributed by atoms with van der Waals surface area (Å²) in [6, 6.07) is 17.8. The Morgan fingerprint density at radius 1 is 1.00 bits per heavy atom. The minimum absolute atomic E-state index is 0.262. The molecule has 0 amide bonds. The van der Waals surface area contributed by atoms with Gasteiger partial charge in [-0.1, -0.05) is 30.3 Å². The van der Waals surface area contributed by atoms with Crippen LogP contribution in [0.1, 0.15) is 11.1 Å². The van der Waals surface area contributed by atoms with Gasteiger partial charge in [-0.2, -0.15) is 0 Å². The lowest BCUT2D eigenvalue weighted by atomic mass is 10.1. The number of benzene rings is 2. The summed E-state index contributed by atoms with van der Waals surface area (Å²) in [5.74, 6) is 0. The van der Waals surface area contributed by atoms with Crippen LogP contribution in [0.15, 0.2) is 63.8 Å². The van der Waals surface area contributed by atoms with E-state index in [-0.39, 0.29) is 5.63 Å². The van der Waals surface area contributed by atoms with Crippen molar-refractivity contribution < 1.29 is 4.42 Å². The van der Waals surface area contributed by atoms with E-state index in [1.54, 1.807) is 0 Å². The zero-order valence-corrected chi connectivity index (χ0v) is 12.2. The van der Waals surface area contributed by atoms with Crippen molar-refractivity contribution in [1.29, 1.82) is 0 Å². The first-order valence-electron chi connectivity index (χ1n) is 6.91. The number of fused-ring (bicyclic) bond motifs is 1.